The molecule has 1 aliphatic rings. The molecule has 0 aliphatic carbocycles. The molecule has 0 saturated carbocycles. The summed E-state index contributed by atoms with van der Waals surface area (Å²) in [5.74, 6) is 2.86. The standard InChI is InChI=1S/C12H18N6/c1-17-5-4-14-12(17)7-13-6-10-2-3-11-16-15-9-18(11)8-10/h4-5,9-10,13H,2-3,6-8H2,1H3. The number of aryl methyl sites for hydroxylation is 2. The van der Waals surface area contributed by atoms with E-state index in [-0.39, 0.29) is 0 Å². The lowest BCUT2D eigenvalue weighted by molar-refractivity contribution is 0.345. The molecule has 0 aromatic carbocycles. The van der Waals surface area contributed by atoms with Crippen LogP contribution < -0.4 is 5.32 Å². The number of rotatable bonds is 4. The Labute approximate surface area is 106 Å². The second-order valence-electron chi connectivity index (χ2n) is 4.89. The lowest BCUT2D eigenvalue weighted by Gasteiger charge is -2.23. The summed E-state index contributed by atoms with van der Waals surface area (Å²) in [4.78, 5) is 4.30. The smallest absolute Gasteiger partial charge is 0.132 e. The van der Waals surface area contributed by atoms with Crippen LogP contribution >= 0.6 is 0 Å². The number of hydrogen-bond donors (Lipinski definition) is 1. The van der Waals surface area contributed by atoms with Gasteiger partial charge in [0.15, 0.2) is 0 Å². The highest BCUT2D eigenvalue weighted by Crippen LogP contribution is 2.17. The van der Waals surface area contributed by atoms with Gasteiger partial charge in [0.2, 0.25) is 0 Å². The third kappa shape index (κ3) is 2.28. The van der Waals surface area contributed by atoms with Gasteiger partial charge in [0.25, 0.3) is 0 Å². The molecule has 1 atom stereocenters. The average Bonchev–Trinajstić information content (AvgIpc) is 2.98. The van der Waals surface area contributed by atoms with E-state index in [0.29, 0.717) is 5.92 Å². The molecule has 1 N–H and O–H groups in total. The summed E-state index contributed by atoms with van der Waals surface area (Å²) in [6.07, 6.45) is 7.86. The summed E-state index contributed by atoms with van der Waals surface area (Å²) in [6, 6.07) is 0. The van der Waals surface area contributed by atoms with Crippen LogP contribution in [0.2, 0.25) is 0 Å². The van der Waals surface area contributed by atoms with Crippen molar-refractivity contribution in [1.82, 2.24) is 29.6 Å². The van der Waals surface area contributed by atoms with Crippen LogP contribution in [0.25, 0.3) is 0 Å². The van der Waals surface area contributed by atoms with Gasteiger partial charge < -0.3 is 14.5 Å². The molecule has 6 nitrogen and oxygen atoms in total. The van der Waals surface area contributed by atoms with Crippen molar-refractivity contribution in [1.29, 1.82) is 0 Å². The fourth-order valence-corrected chi connectivity index (χ4v) is 2.45. The highest BCUT2D eigenvalue weighted by atomic mass is 15.3. The second-order valence-corrected chi connectivity index (χ2v) is 4.89. The normalized spacial score (nSPS) is 18.8. The first-order valence-electron chi connectivity index (χ1n) is 6.36. The van der Waals surface area contributed by atoms with E-state index in [1.54, 1.807) is 0 Å². The number of fused-ring (bicyclic) bond motifs is 1. The lowest BCUT2D eigenvalue weighted by atomic mass is 9.99. The van der Waals surface area contributed by atoms with Crippen LogP contribution in [0.1, 0.15) is 18.1 Å². The van der Waals surface area contributed by atoms with Crippen LogP contribution in [0.5, 0.6) is 0 Å². The molecule has 2 aromatic heterocycles. The highest BCUT2D eigenvalue weighted by Gasteiger charge is 2.18. The predicted molar refractivity (Wildman–Crippen MR) is 66.7 cm³/mol. The Hall–Kier alpha value is -1.69. The minimum absolute atomic E-state index is 0.661. The second kappa shape index (κ2) is 4.89. The largest absolute Gasteiger partial charge is 0.337 e. The minimum atomic E-state index is 0.661. The molecule has 18 heavy (non-hydrogen) atoms. The van der Waals surface area contributed by atoms with E-state index >= 15 is 0 Å². The quantitative estimate of drug-likeness (QED) is 0.846. The molecule has 2 aromatic rings. The first-order chi connectivity index (χ1) is 8.83. The summed E-state index contributed by atoms with van der Waals surface area (Å²) >= 11 is 0. The summed E-state index contributed by atoms with van der Waals surface area (Å²) < 4.78 is 4.21. The SMILES string of the molecule is Cn1ccnc1CNCC1CCc2nncn2C1. The van der Waals surface area contributed by atoms with Gasteiger partial charge in [-0.2, -0.15) is 0 Å². The third-order valence-corrected chi connectivity index (χ3v) is 3.56. The molecular formula is C12H18N6. The summed E-state index contributed by atoms with van der Waals surface area (Å²) in [6.45, 7) is 2.87. The molecule has 1 unspecified atom stereocenters. The van der Waals surface area contributed by atoms with E-state index in [9.17, 15) is 0 Å². The van der Waals surface area contributed by atoms with Crippen LogP contribution in [-0.2, 0) is 26.6 Å². The van der Waals surface area contributed by atoms with Gasteiger partial charge in [0.05, 0.1) is 6.54 Å². The van der Waals surface area contributed by atoms with Gasteiger partial charge in [-0.25, -0.2) is 4.98 Å². The molecule has 0 saturated heterocycles. The topological polar surface area (TPSA) is 60.6 Å². The zero-order valence-corrected chi connectivity index (χ0v) is 10.6. The van der Waals surface area contributed by atoms with E-state index in [2.05, 4.69) is 25.1 Å². The van der Waals surface area contributed by atoms with E-state index < -0.39 is 0 Å². The monoisotopic (exact) mass is 246 g/mol. The van der Waals surface area contributed by atoms with Crippen molar-refractivity contribution in [2.45, 2.75) is 25.9 Å². The Balaban J connectivity index is 1.49. The molecule has 3 rings (SSSR count). The Morgan fingerprint density at radius 3 is 3.28 bits per heavy atom. The minimum Gasteiger partial charge on any atom is -0.337 e. The van der Waals surface area contributed by atoms with Crippen molar-refractivity contribution in [2.24, 2.45) is 13.0 Å². The Morgan fingerprint density at radius 2 is 2.44 bits per heavy atom. The maximum atomic E-state index is 4.30. The molecule has 3 heterocycles. The van der Waals surface area contributed by atoms with Crippen LogP contribution in [0, 0.1) is 5.92 Å². The molecule has 0 radical (unpaired) electrons. The number of aromatic nitrogens is 5. The van der Waals surface area contributed by atoms with E-state index in [4.69, 9.17) is 0 Å². The van der Waals surface area contributed by atoms with Crippen LogP contribution in [0.15, 0.2) is 18.7 Å². The van der Waals surface area contributed by atoms with Gasteiger partial charge in [0, 0.05) is 39.0 Å². The van der Waals surface area contributed by atoms with Crippen molar-refractivity contribution >= 4 is 0 Å². The number of imidazole rings is 1. The van der Waals surface area contributed by atoms with Crippen LogP contribution in [0.4, 0.5) is 0 Å². The molecule has 0 bridgehead atoms. The van der Waals surface area contributed by atoms with E-state index in [1.165, 1.54) is 6.42 Å². The third-order valence-electron chi connectivity index (χ3n) is 3.56. The molecular weight excluding hydrogens is 228 g/mol. The summed E-state index contributed by atoms with van der Waals surface area (Å²) in [5, 5.41) is 11.5. The van der Waals surface area contributed by atoms with E-state index in [1.807, 2.05) is 30.3 Å². The summed E-state index contributed by atoms with van der Waals surface area (Å²) in [5.41, 5.74) is 0. The zero-order valence-electron chi connectivity index (χ0n) is 10.6. The van der Waals surface area contributed by atoms with Gasteiger partial charge in [0.1, 0.15) is 18.0 Å². The van der Waals surface area contributed by atoms with Crippen molar-refractivity contribution in [3.8, 4) is 0 Å². The highest BCUT2D eigenvalue weighted by molar-refractivity contribution is 4.93. The fraction of sp³-hybridized carbons (Fsp3) is 0.583. The van der Waals surface area contributed by atoms with Crippen LogP contribution in [0.3, 0.4) is 0 Å². The number of nitrogens with zero attached hydrogens (tertiary/aromatic N) is 5. The van der Waals surface area contributed by atoms with Crippen molar-refractivity contribution < 1.29 is 0 Å². The molecule has 6 heteroatoms. The Bertz CT molecular complexity index is 514. The molecule has 1 aliphatic heterocycles. The van der Waals surface area contributed by atoms with Gasteiger partial charge in [-0.15, -0.1) is 10.2 Å². The van der Waals surface area contributed by atoms with Crippen molar-refractivity contribution in [2.75, 3.05) is 6.54 Å². The maximum Gasteiger partial charge on any atom is 0.132 e. The molecule has 0 amide bonds. The first-order valence-corrected chi connectivity index (χ1v) is 6.36. The van der Waals surface area contributed by atoms with Gasteiger partial charge in [-0.1, -0.05) is 0 Å². The molecule has 0 spiro atoms. The maximum absolute atomic E-state index is 4.30. The van der Waals surface area contributed by atoms with Gasteiger partial charge in [-0.3, -0.25) is 0 Å². The van der Waals surface area contributed by atoms with E-state index in [0.717, 1.165) is 37.7 Å². The van der Waals surface area contributed by atoms with Gasteiger partial charge in [-0.05, 0) is 12.3 Å². The molecule has 0 fully saturated rings. The summed E-state index contributed by atoms with van der Waals surface area (Å²) in [7, 11) is 2.02. The fourth-order valence-electron chi connectivity index (χ4n) is 2.45. The predicted octanol–water partition coefficient (Wildman–Crippen LogP) is 0.364. The Kier molecular flexibility index (Phi) is 3.10. The number of nitrogens with one attached hydrogen (secondary N) is 1. The first kappa shape index (κ1) is 11.4. The van der Waals surface area contributed by atoms with Crippen molar-refractivity contribution in [3.63, 3.8) is 0 Å². The zero-order chi connectivity index (χ0) is 12.4. The van der Waals surface area contributed by atoms with Crippen molar-refractivity contribution in [3.05, 3.63) is 30.4 Å². The molecule has 96 valence electrons. The van der Waals surface area contributed by atoms with Crippen LogP contribution in [-0.4, -0.2) is 30.9 Å². The van der Waals surface area contributed by atoms with Gasteiger partial charge >= 0.3 is 0 Å². The Morgan fingerprint density at radius 1 is 1.50 bits per heavy atom. The lowest BCUT2D eigenvalue weighted by Crippen LogP contribution is -2.30. The number of hydrogen-bond acceptors (Lipinski definition) is 4. The average molecular weight is 246 g/mol.